The van der Waals surface area contributed by atoms with Gasteiger partial charge in [0.1, 0.15) is 11.6 Å². The highest BCUT2D eigenvalue weighted by Crippen LogP contribution is 2.19. The number of hydrogen-bond donors (Lipinski definition) is 2. The van der Waals surface area contributed by atoms with Crippen LogP contribution < -0.4 is 16.0 Å². The Morgan fingerprint density at radius 3 is 2.75 bits per heavy atom. The molecule has 1 aliphatic heterocycles. The number of nitrogens with two attached hydrogens (primary N) is 1. The molecule has 2 heterocycles. The van der Waals surface area contributed by atoms with Crippen molar-refractivity contribution in [3.8, 4) is 0 Å². The van der Waals surface area contributed by atoms with Gasteiger partial charge in [-0.3, -0.25) is 0 Å². The van der Waals surface area contributed by atoms with Crippen LogP contribution in [0.25, 0.3) is 0 Å². The average Bonchev–Trinajstić information content (AvgIpc) is 2.89. The van der Waals surface area contributed by atoms with E-state index in [-0.39, 0.29) is 11.9 Å². The van der Waals surface area contributed by atoms with Gasteiger partial charge in [0.05, 0.1) is 0 Å². The first-order valence-corrected chi connectivity index (χ1v) is 6.57. The van der Waals surface area contributed by atoms with Crippen LogP contribution in [-0.4, -0.2) is 29.1 Å². The van der Waals surface area contributed by atoms with Crippen molar-refractivity contribution in [3.05, 3.63) is 42.3 Å². The van der Waals surface area contributed by atoms with Crippen molar-refractivity contribution in [1.29, 1.82) is 0 Å². The summed E-state index contributed by atoms with van der Waals surface area (Å²) in [7, 11) is 0. The third kappa shape index (κ3) is 2.85. The quantitative estimate of drug-likeness (QED) is 0.894. The van der Waals surface area contributed by atoms with Crippen molar-refractivity contribution >= 4 is 17.5 Å². The van der Waals surface area contributed by atoms with Gasteiger partial charge in [-0.25, -0.2) is 9.37 Å². The number of nitrogens with zero attached hydrogens (tertiary/aromatic N) is 3. The van der Waals surface area contributed by atoms with Gasteiger partial charge < -0.3 is 16.0 Å². The Hall–Kier alpha value is -2.21. The van der Waals surface area contributed by atoms with Gasteiger partial charge in [0, 0.05) is 31.0 Å². The summed E-state index contributed by atoms with van der Waals surface area (Å²) >= 11 is 0. The number of benzene rings is 1. The molecule has 0 amide bonds. The monoisotopic (exact) mass is 273 g/mol. The third-order valence-electron chi connectivity index (χ3n) is 3.29. The molecule has 1 saturated heterocycles. The fraction of sp³-hybridized carbons (Fsp3) is 0.286. The first-order chi connectivity index (χ1) is 9.70. The molecule has 0 radical (unpaired) electrons. The zero-order valence-corrected chi connectivity index (χ0v) is 11.0. The number of nitrogens with one attached hydrogen (secondary N) is 1. The van der Waals surface area contributed by atoms with E-state index in [9.17, 15) is 4.39 Å². The maximum absolute atomic E-state index is 12.9. The van der Waals surface area contributed by atoms with E-state index in [4.69, 9.17) is 5.73 Å². The van der Waals surface area contributed by atoms with Crippen molar-refractivity contribution in [2.45, 2.75) is 12.5 Å². The molecular weight excluding hydrogens is 257 g/mol. The maximum atomic E-state index is 12.9. The van der Waals surface area contributed by atoms with Crippen molar-refractivity contribution in [2.24, 2.45) is 5.73 Å². The van der Waals surface area contributed by atoms with E-state index in [1.807, 2.05) is 6.07 Å². The van der Waals surface area contributed by atoms with Crippen LogP contribution in [0.5, 0.6) is 0 Å². The van der Waals surface area contributed by atoms with Crippen LogP contribution in [0.1, 0.15) is 6.42 Å². The first-order valence-electron chi connectivity index (χ1n) is 6.57. The van der Waals surface area contributed by atoms with E-state index in [1.165, 1.54) is 12.1 Å². The molecule has 0 unspecified atom stereocenters. The molecule has 104 valence electrons. The topological polar surface area (TPSA) is 67.1 Å². The number of anilines is 3. The Morgan fingerprint density at radius 2 is 2.05 bits per heavy atom. The molecule has 0 aliphatic carbocycles. The molecule has 20 heavy (non-hydrogen) atoms. The molecule has 6 heteroatoms. The lowest BCUT2D eigenvalue weighted by molar-refractivity contribution is 0.628. The number of hydrogen-bond acceptors (Lipinski definition) is 5. The van der Waals surface area contributed by atoms with E-state index in [2.05, 4.69) is 20.2 Å². The molecule has 2 aromatic rings. The second-order valence-corrected chi connectivity index (χ2v) is 4.87. The lowest BCUT2D eigenvalue weighted by Crippen LogP contribution is -2.27. The van der Waals surface area contributed by atoms with E-state index in [0.29, 0.717) is 5.95 Å². The minimum Gasteiger partial charge on any atom is -0.355 e. The summed E-state index contributed by atoms with van der Waals surface area (Å²) in [6.07, 6.45) is 2.68. The highest BCUT2D eigenvalue weighted by molar-refractivity contribution is 5.55. The maximum Gasteiger partial charge on any atom is 0.229 e. The molecule has 3 rings (SSSR count). The fourth-order valence-corrected chi connectivity index (χ4v) is 2.24. The van der Waals surface area contributed by atoms with Crippen molar-refractivity contribution in [3.63, 3.8) is 0 Å². The molecule has 0 spiro atoms. The van der Waals surface area contributed by atoms with Crippen molar-refractivity contribution in [2.75, 3.05) is 23.3 Å². The predicted molar refractivity (Wildman–Crippen MR) is 76.5 cm³/mol. The molecule has 3 N–H and O–H groups in total. The third-order valence-corrected chi connectivity index (χ3v) is 3.29. The number of aromatic nitrogens is 2. The molecule has 1 aliphatic rings. The summed E-state index contributed by atoms with van der Waals surface area (Å²) in [5.74, 6) is 1.09. The van der Waals surface area contributed by atoms with Crippen LogP contribution in [0.2, 0.25) is 0 Å². The van der Waals surface area contributed by atoms with Gasteiger partial charge in [-0.05, 0) is 36.8 Å². The fourth-order valence-electron chi connectivity index (χ4n) is 2.24. The Kier molecular flexibility index (Phi) is 3.47. The SMILES string of the molecule is N[C@@H]1CCN(c2ccnc(Nc3ccc(F)cc3)n2)C1. The molecule has 0 saturated carbocycles. The summed E-state index contributed by atoms with van der Waals surface area (Å²) in [5.41, 5.74) is 6.65. The summed E-state index contributed by atoms with van der Waals surface area (Å²) in [6.45, 7) is 1.72. The van der Waals surface area contributed by atoms with Crippen molar-refractivity contribution in [1.82, 2.24) is 9.97 Å². The van der Waals surface area contributed by atoms with Crippen molar-refractivity contribution < 1.29 is 4.39 Å². The van der Waals surface area contributed by atoms with Gasteiger partial charge >= 0.3 is 0 Å². The average molecular weight is 273 g/mol. The van der Waals surface area contributed by atoms with E-state index < -0.39 is 0 Å². The summed E-state index contributed by atoms with van der Waals surface area (Å²) in [4.78, 5) is 10.8. The molecule has 0 bridgehead atoms. The molecular formula is C14H16FN5. The van der Waals surface area contributed by atoms with Crippen LogP contribution >= 0.6 is 0 Å². The van der Waals surface area contributed by atoms with E-state index in [1.54, 1.807) is 18.3 Å². The van der Waals surface area contributed by atoms with Crippen LogP contribution in [0, 0.1) is 5.82 Å². The summed E-state index contributed by atoms with van der Waals surface area (Å²) in [6, 6.07) is 8.16. The highest BCUT2D eigenvalue weighted by atomic mass is 19.1. The van der Waals surface area contributed by atoms with Crippen LogP contribution in [-0.2, 0) is 0 Å². The molecule has 1 atom stereocenters. The van der Waals surface area contributed by atoms with Gasteiger partial charge in [0.2, 0.25) is 5.95 Å². The predicted octanol–water partition coefficient (Wildman–Crippen LogP) is 1.90. The van der Waals surface area contributed by atoms with Gasteiger partial charge in [-0.1, -0.05) is 0 Å². The highest BCUT2D eigenvalue weighted by Gasteiger charge is 2.20. The van der Waals surface area contributed by atoms with Crippen LogP contribution in [0.15, 0.2) is 36.5 Å². The second kappa shape index (κ2) is 5.42. The van der Waals surface area contributed by atoms with Crippen LogP contribution in [0.3, 0.4) is 0 Å². The molecule has 5 nitrogen and oxygen atoms in total. The first kappa shape index (κ1) is 12.8. The van der Waals surface area contributed by atoms with Gasteiger partial charge in [-0.2, -0.15) is 4.98 Å². The number of halogens is 1. The zero-order chi connectivity index (χ0) is 13.9. The Labute approximate surface area is 116 Å². The van der Waals surface area contributed by atoms with Gasteiger partial charge in [0.15, 0.2) is 0 Å². The Morgan fingerprint density at radius 1 is 1.25 bits per heavy atom. The largest absolute Gasteiger partial charge is 0.355 e. The minimum atomic E-state index is -0.267. The van der Waals surface area contributed by atoms with Gasteiger partial charge in [0.25, 0.3) is 0 Å². The lowest BCUT2D eigenvalue weighted by atomic mass is 10.3. The summed E-state index contributed by atoms with van der Waals surface area (Å²) in [5, 5.41) is 3.06. The molecule has 1 aromatic heterocycles. The Balaban J connectivity index is 1.75. The smallest absolute Gasteiger partial charge is 0.229 e. The molecule has 1 fully saturated rings. The Bertz CT molecular complexity index is 586. The standard InChI is InChI=1S/C14H16FN5/c15-10-1-3-12(4-2-10)18-14-17-7-5-13(19-14)20-8-6-11(16)9-20/h1-5,7,11H,6,8-9,16H2,(H,17,18,19)/t11-/m1/s1. The zero-order valence-electron chi connectivity index (χ0n) is 11.0. The van der Waals surface area contributed by atoms with Crippen LogP contribution in [0.4, 0.5) is 21.8 Å². The summed E-state index contributed by atoms with van der Waals surface area (Å²) < 4.78 is 12.9. The van der Waals surface area contributed by atoms with E-state index in [0.717, 1.165) is 31.0 Å². The molecule has 1 aromatic carbocycles. The van der Waals surface area contributed by atoms with E-state index >= 15 is 0 Å². The van der Waals surface area contributed by atoms with Gasteiger partial charge in [-0.15, -0.1) is 0 Å². The second-order valence-electron chi connectivity index (χ2n) is 4.87. The normalized spacial score (nSPS) is 18.3. The number of rotatable bonds is 3. The minimum absolute atomic E-state index is 0.207. The lowest BCUT2D eigenvalue weighted by Gasteiger charge is -2.17.